The summed E-state index contributed by atoms with van der Waals surface area (Å²) in [5.74, 6) is 0. The van der Waals surface area contributed by atoms with Crippen LogP contribution in [-0.2, 0) is 4.74 Å². The zero-order chi connectivity index (χ0) is 11.7. The highest BCUT2D eigenvalue weighted by Gasteiger charge is 2.15. The van der Waals surface area contributed by atoms with Crippen molar-refractivity contribution in [3.8, 4) is 0 Å². The van der Waals surface area contributed by atoms with Gasteiger partial charge in [0.15, 0.2) is 0 Å². The fourth-order valence-corrected chi connectivity index (χ4v) is 1.11. The summed E-state index contributed by atoms with van der Waals surface area (Å²) in [6.45, 7) is 8.86. The molecular formula is C11H26N2O2. The minimum Gasteiger partial charge on any atom is -0.396 e. The highest BCUT2D eigenvalue weighted by Crippen LogP contribution is 2.10. The molecule has 0 saturated carbocycles. The molecule has 0 unspecified atom stereocenters. The van der Waals surface area contributed by atoms with Gasteiger partial charge in [0.2, 0.25) is 0 Å². The summed E-state index contributed by atoms with van der Waals surface area (Å²) in [5, 5.41) is 12.4. The molecule has 0 rings (SSSR count). The summed E-state index contributed by atoms with van der Waals surface area (Å²) in [6.07, 6.45) is 0. The van der Waals surface area contributed by atoms with E-state index in [4.69, 9.17) is 9.84 Å². The zero-order valence-corrected chi connectivity index (χ0v) is 10.5. The lowest BCUT2D eigenvalue weighted by Gasteiger charge is -2.23. The van der Waals surface area contributed by atoms with Crippen LogP contribution in [0.15, 0.2) is 0 Å². The quantitative estimate of drug-likeness (QED) is 0.542. The first-order chi connectivity index (χ1) is 7.02. The van der Waals surface area contributed by atoms with Crippen LogP contribution in [0.4, 0.5) is 0 Å². The number of nitrogens with zero attached hydrogens (tertiary/aromatic N) is 1. The second kappa shape index (κ2) is 8.05. The number of rotatable bonds is 9. The number of aliphatic hydroxyl groups excluding tert-OH is 1. The lowest BCUT2D eigenvalue weighted by molar-refractivity contribution is 0.150. The maximum atomic E-state index is 9.05. The topological polar surface area (TPSA) is 44.7 Å². The van der Waals surface area contributed by atoms with Crippen molar-refractivity contribution in [3.05, 3.63) is 0 Å². The summed E-state index contributed by atoms with van der Waals surface area (Å²) in [4.78, 5) is 2.22. The van der Waals surface area contributed by atoms with Gasteiger partial charge in [-0.05, 0) is 7.05 Å². The van der Waals surface area contributed by atoms with Crippen molar-refractivity contribution in [2.45, 2.75) is 13.8 Å². The summed E-state index contributed by atoms with van der Waals surface area (Å²) >= 11 is 0. The molecule has 0 saturated heterocycles. The van der Waals surface area contributed by atoms with Crippen molar-refractivity contribution in [2.75, 3.05) is 53.6 Å². The van der Waals surface area contributed by atoms with Gasteiger partial charge in [0, 0.05) is 45.3 Å². The lowest BCUT2D eigenvalue weighted by Crippen LogP contribution is -2.37. The standard InChI is InChI=1S/C11H26N2O2/c1-11(2,10-14)9-12-5-6-13(3)7-8-15-4/h12,14H,5-10H2,1-4H3. The van der Waals surface area contributed by atoms with E-state index in [2.05, 4.69) is 31.1 Å². The van der Waals surface area contributed by atoms with E-state index in [1.807, 2.05) is 0 Å². The Balaban J connectivity index is 3.37. The number of ether oxygens (including phenoxy) is 1. The molecule has 0 fully saturated rings. The molecule has 0 radical (unpaired) electrons. The monoisotopic (exact) mass is 218 g/mol. The van der Waals surface area contributed by atoms with Gasteiger partial charge in [0.1, 0.15) is 0 Å². The van der Waals surface area contributed by atoms with Crippen molar-refractivity contribution >= 4 is 0 Å². The summed E-state index contributed by atoms with van der Waals surface area (Å²) in [6, 6.07) is 0. The molecule has 92 valence electrons. The van der Waals surface area contributed by atoms with Crippen LogP contribution >= 0.6 is 0 Å². The Hall–Kier alpha value is -0.160. The molecule has 0 aromatic rings. The van der Waals surface area contributed by atoms with Gasteiger partial charge >= 0.3 is 0 Å². The smallest absolute Gasteiger partial charge is 0.0589 e. The van der Waals surface area contributed by atoms with E-state index in [1.165, 1.54) is 0 Å². The predicted molar refractivity (Wildman–Crippen MR) is 63.1 cm³/mol. The molecule has 4 nitrogen and oxygen atoms in total. The summed E-state index contributed by atoms with van der Waals surface area (Å²) < 4.78 is 5.00. The highest BCUT2D eigenvalue weighted by atomic mass is 16.5. The molecule has 0 aromatic carbocycles. The van der Waals surface area contributed by atoms with E-state index >= 15 is 0 Å². The molecule has 15 heavy (non-hydrogen) atoms. The lowest BCUT2D eigenvalue weighted by atomic mass is 9.95. The van der Waals surface area contributed by atoms with E-state index in [1.54, 1.807) is 7.11 Å². The third-order valence-electron chi connectivity index (χ3n) is 2.38. The van der Waals surface area contributed by atoms with Gasteiger partial charge in [-0.3, -0.25) is 0 Å². The first-order valence-electron chi connectivity index (χ1n) is 5.51. The van der Waals surface area contributed by atoms with Gasteiger partial charge in [-0.15, -0.1) is 0 Å². The number of hydrogen-bond acceptors (Lipinski definition) is 4. The molecule has 0 amide bonds. The predicted octanol–water partition coefficient (Wildman–Crippen LogP) is 0.173. The van der Waals surface area contributed by atoms with Crippen molar-refractivity contribution in [2.24, 2.45) is 5.41 Å². The van der Waals surface area contributed by atoms with Gasteiger partial charge in [-0.25, -0.2) is 0 Å². The van der Waals surface area contributed by atoms with E-state index in [9.17, 15) is 0 Å². The molecule has 0 aliphatic heterocycles. The number of nitrogens with one attached hydrogen (secondary N) is 1. The maximum absolute atomic E-state index is 9.05. The summed E-state index contributed by atoms with van der Waals surface area (Å²) in [5.41, 5.74) is -0.0227. The van der Waals surface area contributed by atoms with Crippen LogP contribution in [-0.4, -0.2) is 63.6 Å². The Labute approximate surface area is 93.6 Å². The van der Waals surface area contributed by atoms with Crippen LogP contribution in [0, 0.1) is 5.41 Å². The van der Waals surface area contributed by atoms with E-state index < -0.39 is 0 Å². The first kappa shape index (κ1) is 14.8. The Bertz CT molecular complexity index is 152. The second-order valence-electron chi connectivity index (χ2n) is 4.80. The van der Waals surface area contributed by atoms with Gasteiger partial charge in [-0.2, -0.15) is 0 Å². The van der Waals surface area contributed by atoms with Crippen LogP contribution in [0.1, 0.15) is 13.8 Å². The Morgan fingerprint density at radius 1 is 1.33 bits per heavy atom. The Morgan fingerprint density at radius 2 is 2.00 bits per heavy atom. The molecular weight excluding hydrogens is 192 g/mol. The largest absolute Gasteiger partial charge is 0.396 e. The van der Waals surface area contributed by atoms with Crippen LogP contribution in [0.2, 0.25) is 0 Å². The van der Waals surface area contributed by atoms with E-state index in [0.29, 0.717) is 0 Å². The SMILES string of the molecule is COCCN(C)CCNCC(C)(C)CO. The number of aliphatic hydroxyl groups is 1. The van der Waals surface area contributed by atoms with E-state index in [0.717, 1.165) is 32.8 Å². The molecule has 0 spiro atoms. The van der Waals surface area contributed by atoms with Crippen LogP contribution in [0.5, 0.6) is 0 Å². The van der Waals surface area contributed by atoms with Crippen molar-refractivity contribution in [1.82, 2.24) is 10.2 Å². The third kappa shape index (κ3) is 8.81. The third-order valence-corrected chi connectivity index (χ3v) is 2.38. The molecule has 2 N–H and O–H groups in total. The molecule has 4 heteroatoms. The molecule has 0 heterocycles. The minimum atomic E-state index is -0.0227. The first-order valence-corrected chi connectivity index (χ1v) is 5.51. The number of hydrogen-bond donors (Lipinski definition) is 2. The van der Waals surface area contributed by atoms with Crippen molar-refractivity contribution in [1.29, 1.82) is 0 Å². The van der Waals surface area contributed by atoms with Crippen molar-refractivity contribution in [3.63, 3.8) is 0 Å². The maximum Gasteiger partial charge on any atom is 0.0589 e. The van der Waals surface area contributed by atoms with E-state index in [-0.39, 0.29) is 12.0 Å². The fraction of sp³-hybridized carbons (Fsp3) is 1.00. The average Bonchev–Trinajstić information content (AvgIpc) is 2.21. The molecule has 0 aromatic heterocycles. The van der Waals surface area contributed by atoms with Crippen molar-refractivity contribution < 1.29 is 9.84 Å². The highest BCUT2D eigenvalue weighted by molar-refractivity contribution is 4.70. The number of methoxy groups -OCH3 is 1. The summed E-state index contributed by atoms with van der Waals surface area (Å²) in [7, 11) is 3.80. The fourth-order valence-electron chi connectivity index (χ4n) is 1.11. The minimum absolute atomic E-state index is 0.0227. The normalized spacial score (nSPS) is 12.4. The van der Waals surface area contributed by atoms with Gasteiger partial charge in [0.25, 0.3) is 0 Å². The van der Waals surface area contributed by atoms with Crippen LogP contribution in [0.3, 0.4) is 0 Å². The molecule has 0 bridgehead atoms. The van der Waals surface area contributed by atoms with Gasteiger partial charge in [-0.1, -0.05) is 13.8 Å². The Kier molecular flexibility index (Phi) is 7.96. The Morgan fingerprint density at radius 3 is 2.53 bits per heavy atom. The zero-order valence-electron chi connectivity index (χ0n) is 10.5. The van der Waals surface area contributed by atoms with Crippen LogP contribution in [0.25, 0.3) is 0 Å². The second-order valence-corrected chi connectivity index (χ2v) is 4.80. The molecule has 0 atom stereocenters. The van der Waals surface area contributed by atoms with Crippen LogP contribution < -0.4 is 5.32 Å². The van der Waals surface area contributed by atoms with Gasteiger partial charge < -0.3 is 20.1 Å². The number of likely N-dealkylation sites (N-methyl/N-ethyl adjacent to an activating group) is 1. The average molecular weight is 218 g/mol. The van der Waals surface area contributed by atoms with Gasteiger partial charge in [0.05, 0.1) is 6.61 Å². The molecule has 0 aliphatic rings. The molecule has 0 aliphatic carbocycles.